The molecule has 2 aromatic carbocycles. The number of rotatable bonds is 7. The van der Waals surface area contributed by atoms with Gasteiger partial charge in [-0.25, -0.2) is 0 Å². The highest BCUT2D eigenvalue weighted by atomic mass is 16.3. The molecule has 2 rings (SSSR count). The average Bonchev–Trinajstić information content (AvgIpc) is 2.55. The van der Waals surface area contributed by atoms with E-state index in [1.807, 2.05) is 79.7 Å². The standard InChI is InChI=1S/C19H24N2O2/c1-21(2)14-17(22)13-20-19(23)18(15-9-5-3-6-10-15)16-11-7-4-8-12-16/h3-12,17-18,22H,13-14H2,1-2H3,(H,20,23). The summed E-state index contributed by atoms with van der Waals surface area (Å²) in [4.78, 5) is 14.6. The van der Waals surface area contributed by atoms with E-state index in [4.69, 9.17) is 0 Å². The molecule has 0 aromatic heterocycles. The lowest BCUT2D eigenvalue weighted by atomic mass is 9.90. The van der Waals surface area contributed by atoms with E-state index in [2.05, 4.69) is 5.32 Å². The van der Waals surface area contributed by atoms with Crippen LogP contribution < -0.4 is 5.32 Å². The van der Waals surface area contributed by atoms with Gasteiger partial charge in [0, 0.05) is 13.1 Å². The molecule has 4 heteroatoms. The van der Waals surface area contributed by atoms with Crippen LogP contribution in [0.1, 0.15) is 17.0 Å². The topological polar surface area (TPSA) is 52.6 Å². The number of carbonyl (C=O) groups is 1. The second kappa shape index (κ2) is 8.46. The van der Waals surface area contributed by atoms with Gasteiger partial charge in [0.1, 0.15) is 0 Å². The van der Waals surface area contributed by atoms with E-state index in [0.717, 1.165) is 11.1 Å². The minimum atomic E-state index is -0.582. The lowest BCUT2D eigenvalue weighted by Gasteiger charge is -2.20. The van der Waals surface area contributed by atoms with Gasteiger partial charge >= 0.3 is 0 Å². The number of hydrogen-bond acceptors (Lipinski definition) is 3. The molecule has 0 aliphatic rings. The summed E-state index contributed by atoms with van der Waals surface area (Å²) in [6, 6.07) is 19.4. The van der Waals surface area contributed by atoms with Gasteiger partial charge in [0.05, 0.1) is 12.0 Å². The van der Waals surface area contributed by atoms with Crippen molar-refractivity contribution < 1.29 is 9.90 Å². The molecule has 0 aliphatic heterocycles. The van der Waals surface area contributed by atoms with Gasteiger partial charge in [-0.3, -0.25) is 4.79 Å². The number of nitrogens with zero attached hydrogens (tertiary/aromatic N) is 1. The van der Waals surface area contributed by atoms with Crippen LogP contribution in [0.4, 0.5) is 0 Å². The number of carbonyl (C=O) groups excluding carboxylic acids is 1. The molecule has 0 bridgehead atoms. The zero-order valence-corrected chi connectivity index (χ0v) is 13.6. The first-order chi connectivity index (χ1) is 11.1. The average molecular weight is 312 g/mol. The first-order valence-corrected chi connectivity index (χ1v) is 7.78. The Balaban J connectivity index is 2.13. The molecule has 0 fully saturated rings. The van der Waals surface area contributed by atoms with Crippen LogP contribution in [-0.2, 0) is 4.79 Å². The summed E-state index contributed by atoms with van der Waals surface area (Å²) < 4.78 is 0. The van der Waals surface area contributed by atoms with Gasteiger partial charge in [0.15, 0.2) is 0 Å². The molecule has 23 heavy (non-hydrogen) atoms. The third kappa shape index (κ3) is 5.20. The van der Waals surface area contributed by atoms with Crippen molar-refractivity contribution in [1.29, 1.82) is 0 Å². The number of nitrogens with one attached hydrogen (secondary N) is 1. The van der Waals surface area contributed by atoms with Gasteiger partial charge < -0.3 is 15.3 Å². The SMILES string of the molecule is CN(C)CC(O)CNC(=O)C(c1ccccc1)c1ccccc1. The predicted octanol–water partition coefficient (Wildman–Crippen LogP) is 1.86. The maximum atomic E-state index is 12.7. The quantitative estimate of drug-likeness (QED) is 0.820. The van der Waals surface area contributed by atoms with Crippen molar-refractivity contribution in [3.63, 3.8) is 0 Å². The number of amides is 1. The molecule has 0 spiro atoms. The van der Waals surface area contributed by atoms with Gasteiger partial charge in [-0.2, -0.15) is 0 Å². The van der Waals surface area contributed by atoms with Crippen LogP contribution in [0.2, 0.25) is 0 Å². The summed E-state index contributed by atoms with van der Waals surface area (Å²) in [6.45, 7) is 0.759. The summed E-state index contributed by atoms with van der Waals surface area (Å²) in [5.74, 6) is -0.468. The molecule has 1 unspecified atom stereocenters. The molecule has 1 atom stereocenters. The Labute approximate surface area is 137 Å². The smallest absolute Gasteiger partial charge is 0.232 e. The number of hydrogen-bond donors (Lipinski definition) is 2. The van der Waals surface area contributed by atoms with Gasteiger partial charge in [0.2, 0.25) is 5.91 Å². The Morgan fingerprint density at radius 1 is 1.00 bits per heavy atom. The summed E-state index contributed by atoms with van der Waals surface area (Å²) in [5.41, 5.74) is 1.89. The largest absolute Gasteiger partial charge is 0.390 e. The second-order valence-corrected chi connectivity index (χ2v) is 5.92. The minimum Gasteiger partial charge on any atom is -0.390 e. The van der Waals surface area contributed by atoms with E-state index in [1.54, 1.807) is 0 Å². The minimum absolute atomic E-state index is 0.0970. The van der Waals surface area contributed by atoms with Crippen LogP contribution in [0.15, 0.2) is 60.7 Å². The molecule has 0 heterocycles. The molecule has 1 amide bonds. The van der Waals surface area contributed by atoms with Crippen molar-refractivity contribution in [2.45, 2.75) is 12.0 Å². The van der Waals surface area contributed by atoms with E-state index in [9.17, 15) is 9.90 Å². The number of benzene rings is 2. The predicted molar refractivity (Wildman–Crippen MR) is 92.3 cm³/mol. The van der Waals surface area contributed by atoms with Crippen molar-refractivity contribution in [3.8, 4) is 0 Å². The van der Waals surface area contributed by atoms with Crippen LogP contribution in [0.25, 0.3) is 0 Å². The fraction of sp³-hybridized carbons (Fsp3) is 0.316. The number of aliphatic hydroxyl groups is 1. The Bertz CT molecular complexity index is 560. The van der Waals surface area contributed by atoms with Gasteiger partial charge in [-0.15, -0.1) is 0 Å². The van der Waals surface area contributed by atoms with Gasteiger partial charge in [0.25, 0.3) is 0 Å². The van der Waals surface area contributed by atoms with Crippen LogP contribution in [0, 0.1) is 0 Å². The van der Waals surface area contributed by atoms with Gasteiger partial charge in [-0.05, 0) is 25.2 Å². The molecule has 2 N–H and O–H groups in total. The molecule has 4 nitrogen and oxygen atoms in total. The fourth-order valence-electron chi connectivity index (χ4n) is 2.59. The third-order valence-electron chi connectivity index (χ3n) is 3.62. The zero-order chi connectivity index (χ0) is 16.7. The van der Waals surface area contributed by atoms with Crippen LogP contribution in [0.5, 0.6) is 0 Å². The van der Waals surface area contributed by atoms with Crippen molar-refractivity contribution in [2.24, 2.45) is 0 Å². The molecule has 122 valence electrons. The molecule has 2 aromatic rings. The Hall–Kier alpha value is -2.17. The van der Waals surface area contributed by atoms with Crippen molar-refractivity contribution in [1.82, 2.24) is 10.2 Å². The summed E-state index contributed by atoms with van der Waals surface area (Å²) in [5, 5.41) is 12.8. The van der Waals surface area contributed by atoms with E-state index in [1.165, 1.54) is 0 Å². The first-order valence-electron chi connectivity index (χ1n) is 7.78. The van der Waals surface area contributed by atoms with Crippen LogP contribution in [0.3, 0.4) is 0 Å². The maximum absolute atomic E-state index is 12.7. The normalized spacial score (nSPS) is 12.4. The van der Waals surface area contributed by atoms with Crippen LogP contribution >= 0.6 is 0 Å². The van der Waals surface area contributed by atoms with Gasteiger partial charge in [-0.1, -0.05) is 60.7 Å². The van der Waals surface area contributed by atoms with E-state index in [-0.39, 0.29) is 18.4 Å². The summed E-state index contributed by atoms with van der Waals surface area (Å²) in [7, 11) is 3.78. The van der Waals surface area contributed by atoms with Crippen molar-refractivity contribution in [3.05, 3.63) is 71.8 Å². The van der Waals surface area contributed by atoms with Crippen LogP contribution in [-0.4, -0.2) is 49.2 Å². The highest BCUT2D eigenvalue weighted by Crippen LogP contribution is 2.24. The highest BCUT2D eigenvalue weighted by Gasteiger charge is 2.22. The molecule has 0 radical (unpaired) electrons. The zero-order valence-electron chi connectivity index (χ0n) is 13.6. The van der Waals surface area contributed by atoms with Crippen molar-refractivity contribution in [2.75, 3.05) is 27.2 Å². The lowest BCUT2D eigenvalue weighted by Crippen LogP contribution is -2.39. The fourth-order valence-corrected chi connectivity index (χ4v) is 2.59. The lowest BCUT2D eigenvalue weighted by molar-refractivity contribution is -0.122. The van der Waals surface area contributed by atoms with Crippen molar-refractivity contribution >= 4 is 5.91 Å². The maximum Gasteiger partial charge on any atom is 0.232 e. The van der Waals surface area contributed by atoms with E-state index < -0.39 is 6.10 Å². The van der Waals surface area contributed by atoms with E-state index in [0.29, 0.717) is 6.54 Å². The summed E-state index contributed by atoms with van der Waals surface area (Å²) >= 11 is 0. The molecular weight excluding hydrogens is 288 g/mol. The molecule has 0 saturated heterocycles. The first kappa shape index (κ1) is 17.2. The third-order valence-corrected chi connectivity index (χ3v) is 3.62. The summed E-state index contributed by atoms with van der Waals surface area (Å²) in [6.07, 6.45) is -0.582. The highest BCUT2D eigenvalue weighted by molar-refractivity contribution is 5.87. The number of aliphatic hydroxyl groups excluding tert-OH is 1. The monoisotopic (exact) mass is 312 g/mol. The molecule has 0 aliphatic carbocycles. The Morgan fingerprint density at radius 2 is 1.48 bits per heavy atom. The Kier molecular flexibility index (Phi) is 6.32. The molecule has 0 saturated carbocycles. The van der Waals surface area contributed by atoms with E-state index >= 15 is 0 Å². The molecular formula is C19H24N2O2. The number of likely N-dealkylation sites (N-methyl/N-ethyl adjacent to an activating group) is 1. The Morgan fingerprint density at radius 3 is 1.91 bits per heavy atom. The second-order valence-electron chi connectivity index (χ2n) is 5.92.